The molecule has 6 heteroatoms. The number of nitrogens with zero attached hydrogens (tertiary/aromatic N) is 1. The Hall–Kier alpha value is -1.79. The SMILES string of the molecule is COc1cnc2c(B3OC(C)(C)C(C)(C)O3)cc(OC)cc2c1. The molecule has 0 radical (unpaired) electrons. The molecule has 2 aromatic rings. The van der Waals surface area contributed by atoms with Crippen LogP contribution >= 0.6 is 0 Å². The van der Waals surface area contributed by atoms with Crippen LogP contribution in [-0.4, -0.2) is 37.5 Å². The first-order valence-electron chi connectivity index (χ1n) is 7.65. The van der Waals surface area contributed by atoms with Crippen molar-refractivity contribution < 1.29 is 18.8 Å². The lowest BCUT2D eigenvalue weighted by atomic mass is 9.77. The normalized spacial score (nSPS) is 19.1. The predicted molar refractivity (Wildman–Crippen MR) is 90.6 cm³/mol. The topological polar surface area (TPSA) is 49.8 Å². The Morgan fingerprint density at radius 1 is 0.913 bits per heavy atom. The predicted octanol–water partition coefficient (Wildman–Crippen LogP) is 2.55. The summed E-state index contributed by atoms with van der Waals surface area (Å²) in [5, 5.41) is 0.924. The molecule has 0 atom stereocenters. The number of pyridine rings is 1. The third kappa shape index (κ3) is 2.66. The molecule has 0 saturated carbocycles. The first-order valence-corrected chi connectivity index (χ1v) is 7.65. The maximum Gasteiger partial charge on any atom is 0.497 e. The molecule has 1 aromatic carbocycles. The van der Waals surface area contributed by atoms with Crippen LogP contribution in [0.4, 0.5) is 0 Å². The molecule has 1 aliphatic heterocycles. The molecule has 122 valence electrons. The summed E-state index contributed by atoms with van der Waals surface area (Å²) >= 11 is 0. The number of fused-ring (bicyclic) bond motifs is 1. The minimum absolute atomic E-state index is 0.403. The molecule has 0 bridgehead atoms. The summed E-state index contributed by atoms with van der Waals surface area (Å²) in [6, 6.07) is 5.78. The van der Waals surface area contributed by atoms with Gasteiger partial charge in [0.05, 0.1) is 37.1 Å². The van der Waals surface area contributed by atoms with Crippen LogP contribution in [0.1, 0.15) is 27.7 Å². The number of aromatic nitrogens is 1. The van der Waals surface area contributed by atoms with Gasteiger partial charge in [-0.05, 0) is 45.9 Å². The summed E-state index contributed by atoms with van der Waals surface area (Å²) in [7, 11) is 2.78. The van der Waals surface area contributed by atoms with Gasteiger partial charge in [-0.25, -0.2) is 0 Å². The van der Waals surface area contributed by atoms with Crippen molar-refractivity contribution in [2.75, 3.05) is 14.2 Å². The van der Waals surface area contributed by atoms with Crippen LogP contribution in [0.15, 0.2) is 24.4 Å². The van der Waals surface area contributed by atoms with Gasteiger partial charge in [0.2, 0.25) is 0 Å². The lowest BCUT2D eigenvalue weighted by Gasteiger charge is -2.32. The van der Waals surface area contributed by atoms with Crippen LogP contribution in [-0.2, 0) is 9.31 Å². The summed E-state index contributed by atoms with van der Waals surface area (Å²) in [4.78, 5) is 4.53. The maximum absolute atomic E-state index is 6.17. The molecular formula is C17H22BNO4. The highest BCUT2D eigenvalue weighted by Gasteiger charge is 2.52. The van der Waals surface area contributed by atoms with Gasteiger partial charge < -0.3 is 18.8 Å². The van der Waals surface area contributed by atoms with E-state index >= 15 is 0 Å². The third-order valence-corrected chi connectivity index (χ3v) is 4.74. The molecule has 1 aliphatic rings. The summed E-state index contributed by atoms with van der Waals surface area (Å²) in [6.07, 6.45) is 1.70. The highest BCUT2D eigenvalue weighted by atomic mass is 16.7. The molecule has 3 rings (SSSR count). The first-order chi connectivity index (χ1) is 10.8. The van der Waals surface area contributed by atoms with E-state index in [9.17, 15) is 0 Å². The number of rotatable bonds is 3. The van der Waals surface area contributed by atoms with E-state index in [-0.39, 0.29) is 0 Å². The fourth-order valence-electron chi connectivity index (χ4n) is 2.61. The van der Waals surface area contributed by atoms with Crippen molar-refractivity contribution in [1.29, 1.82) is 0 Å². The molecule has 1 aromatic heterocycles. The Balaban J connectivity index is 2.14. The largest absolute Gasteiger partial charge is 0.497 e. The Labute approximate surface area is 137 Å². The number of benzene rings is 1. The number of methoxy groups -OCH3 is 2. The molecule has 0 spiro atoms. The lowest BCUT2D eigenvalue weighted by Crippen LogP contribution is -2.41. The lowest BCUT2D eigenvalue weighted by molar-refractivity contribution is 0.00578. The van der Waals surface area contributed by atoms with E-state index in [1.807, 2.05) is 45.9 Å². The molecular weight excluding hydrogens is 293 g/mol. The number of hydrogen-bond acceptors (Lipinski definition) is 5. The maximum atomic E-state index is 6.17. The Morgan fingerprint density at radius 2 is 1.48 bits per heavy atom. The minimum atomic E-state index is -0.488. The van der Waals surface area contributed by atoms with Crippen molar-refractivity contribution in [3.05, 3.63) is 24.4 Å². The van der Waals surface area contributed by atoms with Gasteiger partial charge in [-0.1, -0.05) is 0 Å². The molecule has 5 nitrogen and oxygen atoms in total. The van der Waals surface area contributed by atoms with Crippen molar-refractivity contribution in [3.8, 4) is 11.5 Å². The van der Waals surface area contributed by atoms with E-state index in [0.717, 1.165) is 22.1 Å². The van der Waals surface area contributed by atoms with Crippen molar-refractivity contribution in [1.82, 2.24) is 4.98 Å². The second kappa shape index (κ2) is 5.39. The van der Waals surface area contributed by atoms with Crippen LogP contribution < -0.4 is 14.9 Å². The summed E-state index contributed by atoms with van der Waals surface area (Å²) in [6.45, 7) is 8.13. The zero-order valence-electron chi connectivity index (χ0n) is 14.5. The fourth-order valence-corrected chi connectivity index (χ4v) is 2.61. The second-order valence-corrected chi connectivity index (χ2v) is 6.75. The van der Waals surface area contributed by atoms with Gasteiger partial charge in [0.15, 0.2) is 0 Å². The average Bonchev–Trinajstić information content (AvgIpc) is 2.73. The molecule has 23 heavy (non-hydrogen) atoms. The highest BCUT2D eigenvalue weighted by Crippen LogP contribution is 2.37. The number of hydrogen-bond donors (Lipinski definition) is 0. The van der Waals surface area contributed by atoms with Gasteiger partial charge in [-0.2, -0.15) is 0 Å². The van der Waals surface area contributed by atoms with Crippen LogP contribution in [0.25, 0.3) is 10.9 Å². The molecule has 0 amide bonds. The van der Waals surface area contributed by atoms with Gasteiger partial charge in [-0.15, -0.1) is 0 Å². The standard InChI is InChI=1S/C17H22BNO4/c1-16(2)17(3,4)23-18(22-16)14-9-12(20-5)7-11-8-13(21-6)10-19-15(11)14/h7-10H,1-6H3. The van der Waals surface area contributed by atoms with E-state index in [2.05, 4.69) is 4.98 Å². The van der Waals surface area contributed by atoms with Gasteiger partial charge >= 0.3 is 7.12 Å². The molecule has 0 unspecified atom stereocenters. The Bertz CT molecular complexity index is 723. The molecule has 2 heterocycles. The summed E-state index contributed by atoms with van der Waals surface area (Å²) < 4.78 is 23.0. The molecule has 0 aliphatic carbocycles. The van der Waals surface area contributed by atoms with Crippen molar-refractivity contribution >= 4 is 23.5 Å². The monoisotopic (exact) mass is 315 g/mol. The third-order valence-electron chi connectivity index (χ3n) is 4.74. The fraction of sp³-hybridized carbons (Fsp3) is 0.471. The van der Waals surface area contributed by atoms with Crippen molar-refractivity contribution in [3.63, 3.8) is 0 Å². The average molecular weight is 315 g/mol. The minimum Gasteiger partial charge on any atom is -0.497 e. The van der Waals surface area contributed by atoms with Gasteiger partial charge in [-0.3, -0.25) is 4.98 Å². The van der Waals surface area contributed by atoms with Crippen molar-refractivity contribution in [2.45, 2.75) is 38.9 Å². The summed E-state index contributed by atoms with van der Waals surface area (Å²) in [5.41, 5.74) is 0.879. The molecule has 1 fully saturated rings. The molecule has 0 N–H and O–H groups in total. The zero-order chi connectivity index (χ0) is 16.8. The van der Waals surface area contributed by atoms with Gasteiger partial charge in [0.25, 0.3) is 0 Å². The highest BCUT2D eigenvalue weighted by molar-refractivity contribution is 6.65. The van der Waals surface area contributed by atoms with E-state index in [1.165, 1.54) is 0 Å². The zero-order valence-corrected chi connectivity index (χ0v) is 14.5. The smallest absolute Gasteiger partial charge is 0.497 e. The van der Waals surface area contributed by atoms with Crippen LogP contribution in [0.2, 0.25) is 0 Å². The first kappa shape index (κ1) is 16.1. The second-order valence-electron chi connectivity index (χ2n) is 6.75. The number of ether oxygens (including phenoxy) is 2. The quantitative estimate of drug-likeness (QED) is 0.815. The van der Waals surface area contributed by atoms with Crippen LogP contribution in [0, 0.1) is 0 Å². The Kier molecular flexibility index (Phi) is 3.77. The van der Waals surface area contributed by atoms with E-state index in [4.69, 9.17) is 18.8 Å². The Morgan fingerprint density at radius 3 is 2.04 bits per heavy atom. The van der Waals surface area contributed by atoms with Crippen LogP contribution in [0.5, 0.6) is 11.5 Å². The van der Waals surface area contributed by atoms with E-state index in [1.54, 1.807) is 20.4 Å². The van der Waals surface area contributed by atoms with Gasteiger partial charge in [0.1, 0.15) is 11.5 Å². The summed E-state index contributed by atoms with van der Waals surface area (Å²) in [5.74, 6) is 1.43. The van der Waals surface area contributed by atoms with Crippen LogP contribution in [0.3, 0.4) is 0 Å². The van der Waals surface area contributed by atoms with E-state index in [0.29, 0.717) is 5.75 Å². The van der Waals surface area contributed by atoms with Gasteiger partial charge in [0, 0.05) is 10.8 Å². The van der Waals surface area contributed by atoms with Crippen molar-refractivity contribution in [2.24, 2.45) is 0 Å². The molecule has 1 saturated heterocycles. The van der Waals surface area contributed by atoms with E-state index < -0.39 is 18.3 Å².